The third kappa shape index (κ3) is 1.89. The number of alkyl halides is 3. The Morgan fingerprint density at radius 2 is 2.11 bits per heavy atom. The summed E-state index contributed by atoms with van der Waals surface area (Å²) in [6.45, 7) is 1.42. The van der Waals surface area contributed by atoms with Crippen molar-refractivity contribution in [3.63, 3.8) is 0 Å². The molecule has 0 N–H and O–H groups in total. The van der Waals surface area contributed by atoms with Crippen LogP contribution in [0.15, 0.2) is 24.3 Å². The lowest BCUT2D eigenvalue weighted by Gasteiger charge is -2.35. The molecule has 1 atom stereocenters. The van der Waals surface area contributed by atoms with Gasteiger partial charge in [0.25, 0.3) is 0 Å². The average molecular weight is 256 g/mol. The molecule has 0 aromatic heterocycles. The summed E-state index contributed by atoms with van der Waals surface area (Å²) in [6.07, 6.45) is -1.69. The number of fused-ring (bicyclic) bond motifs is 1. The molecule has 0 radical (unpaired) electrons. The van der Waals surface area contributed by atoms with E-state index in [-0.39, 0.29) is 12.2 Å². The summed E-state index contributed by atoms with van der Waals surface area (Å²) in [6, 6.07) is 4.31. The lowest BCUT2D eigenvalue weighted by molar-refractivity contribution is -0.230. The Hall–Kier alpha value is -1.78. The molecule has 96 valence electrons. The molecule has 1 aromatic carbocycles. The van der Waals surface area contributed by atoms with E-state index in [9.17, 15) is 18.0 Å². The maximum absolute atomic E-state index is 13.0. The van der Waals surface area contributed by atoms with Crippen molar-refractivity contribution >= 4 is 12.4 Å². The minimum absolute atomic E-state index is 0.141. The SMILES string of the molecule is CCC1(C(F)(F)F)C=Cc2cc(C=O)ccc2O1. The van der Waals surface area contributed by atoms with Gasteiger partial charge in [-0.3, -0.25) is 4.79 Å². The third-order valence-electron chi connectivity index (χ3n) is 3.00. The molecule has 0 amide bonds. The molecule has 1 heterocycles. The second-order valence-electron chi connectivity index (χ2n) is 4.09. The molecule has 5 heteroatoms. The van der Waals surface area contributed by atoms with Gasteiger partial charge in [-0.15, -0.1) is 0 Å². The lowest BCUT2D eigenvalue weighted by atomic mass is 9.94. The smallest absolute Gasteiger partial charge is 0.432 e. The van der Waals surface area contributed by atoms with Crippen LogP contribution in [0.3, 0.4) is 0 Å². The van der Waals surface area contributed by atoms with Crippen LogP contribution in [0.4, 0.5) is 13.2 Å². The maximum atomic E-state index is 13.0. The van der Waals surface area contributed by atoms with Gasteiger partial charge in [0.1, 0.15) is 12.0 Å². The van der Waals surface area contributed by atoms with Gasteiger partial charge in [0, 0.05) is 11.1 Å². The molecule has 1 aromatic rings. The summed E-state index contributed by atoms with van der Waals surface area (Å²) >= 11 is 0. The van der Waals surface area contributed by atoms with Gasteiger partial charge in [0.2, 0.25) is 5.60 Å². The van der Waals surface area contributed by atoms with Gasteiger partial charge in [-0.05, 0) is 30.7 Å². The molecule has 18 heavy (non-hydrogen) atoms. The first-order valence-electron chi connectivity index (χ1n) is 5.46. The highest BCUT2D eigenvalue weighted by Crippen LogP contribution is 2.42. The predicted molar refractivity (Wildman–Crippen MR) is 60.6 cm³/mol. The molecular weight excluding hydrogens is 245 g/mol. The molecule has 2 rings (SSSR count). The topological polar surface area (TPSA) is 26.3 Å². The van der Waals surface area contributed by atoms with E-state index in [2.05, 4.69) is 0 Å². The van der Waals surface area contributed by atoms with Gasteiger partial charge in [0.15, 0.2) is 0 Å². The minimum atomic E-state index is -4.47. The van der Waals surface area contributed by atoms with Gasteiger partial charge in [-0.25, -0.2) is 0 Å². The van der Waals surface area contributed by atoms with Gasteiger partial charge in [0.05, 0.1) is 0 Å². The zero-order valence-corrected chi connectivity index (χ0v) is 9.62. The first kappa shape index (κ1) is 12.7. The number of aldehydes is 1. The second-order valence-corrected chi connectivity index (χ2v) is 4.09. The third-order valence-corrected chi connectivity index (χ3v) is 3.00. The van der Waals surface area contributed by atoms with Crippen molar-refractivity contribution in [3.05, 3.63) is 35.4 Å². The van der Waals surface area contributed by atoms with Gasteiger partial charge in [-0.2, -0.15) is 13.2 Å². The highest BCUT2D eigenvalue weighted by atomic mass is 19.4. The molecule has 0 saturated heterocycles. The number of carbonyl (C=O) groups excluding carboxylic acids is 1. The second kappa shape index (κ2) is 4.15. The van der Waals surface area contributed by atoms with Crippen molar-refractivity contribution < 1.29 is 22.7 Å². The van der Waals surface area contributed by atoms with Crippen LogP contribution in [0.1, 0.15) is 29.3 Å². The summed E-state index contributed by atoms with van der Waals surface area (Å²) in [7, 11) is 0. The first-order chi connectivity index (χ1) is 8.42. The Morgan fingerprint density at radius 3 is 2.67 bits per heavy atom. The van der Waals surface area contributed by atoms with Crippen molar-refractivity contribution in [1.29, 1.82) is 0 Å². The standard InChI is InChI=1S/C13H11F3O2/c1-2-12(13(14,15)16)6-5-10-7-9(8-17)3-4-11(10)18-12/h3-8H,2H2,1H3. The summed E-state index contributed by atoms with van der Waals surface area (Å²) in [5, 5.41) is 0. The summed E-state index contributed by atoms with van der Waals surface area (Å²) in [4.78, 5) is 10.6. The molecule has 0 saturated carbocycles. The maximum Gasteiger partial charge on any atom is 0.432 e. The van der Waals surface area contributed by atoms with Crippen molar-refractivity contribution in [3.8, 4) is 5.75 Å². The van der Waals surface area contributed by atoms with Crippen molar-refractivity contribution in [2.45, 2.75) is 25.1 Å². The minimum Gasteiger partial charge on any atom is -0.473 e. The summed E-state index contributed by atoms with van der Waals surface area (Å²) in [5.74, 6) is 0.141. The van der Waals surface area contributed by atoms with Crippen LogP contribution in [0.25, 0.3) is 6.08 Å². The van der Waals surface area contributed by atoms with Gasteiger partial charge < -0.3 is 4.74 Å². The first-order valence-corrected chi connectivity index (χ1v) is 5.46. The normalized spacial score (nSPS) is 22.2. The number of rotatable bonds is 2. The predicted octanol–water partition coefficient (Wildman–Crippen LogP) is 3.62. The molecule has 0 spiro atoms. The van der Waals surface area contributed by atoms with E-state index in [0.717, 1.165) is 6.08 Å². The van der Waals surface area contributed by atoms with Crippen LogP contribution in [0.2, 0.25) is 0 Å². The van der Waals surface area contributed by atoms with E-state index in [1.54, 1.807) is 0 Å². The molecule has 0 fully saturated rings. The van der Waals surface area contributed by atoms with Crippen molar-refractivity contribution in [2.24, 2.45) is 0 Å². The fraction of sp³-hybridized carbons (Fsp3) is 0.308. The van der Waals surface area contributed by atoms with Crippen LogP contribution in [-0.4, -0.2) is 18.1 Å². The number of carbonyl (C=O) groups is 1. The Bertz CT molecular complexity index is 505. The van der Waals surface area contributed by atoms with E-state index in [1.165, 1.54) is 31.2 Å². The van der Waals surface area contributed by atoms with Gasteiger partial charge >= 0.3 is 6.18 Å². The number of benzene rings is 1. The largest absolute Gasteiger partial charge is 0.473 e. The van der Waals surface area contributed by atoms with Crippen molar-refractivity contribution in [2.75, 3.05) is 0 Å². The zero-order valence-electron chi connectivity index (χ0n) is 9.62. The Labute approximate surface area is 102 Å². The van der Waals surface area contributed by atoms with E-state index in [4.69, 9.17) is 4.74 Å². The van der Waals surface area contributed by atoms with Crippen LogP contribution < -0.4 is 4.74 Å². The van der Waals surface area contributed by atoms with Crippen molar-refractivity contribution in [1.82, 2.24) is 0 Å². The highest BCUT2D eigenvalue weighted by molar-refractivity contribution is 5.78. The molecule has 1 aliphatic rings. The van der Waals surface area contributed by atoms with Crippen LogP contribution in [-0.2, 0) is 0 Å². The number of hydrogen-bond acceptors (Lipinski definition) is 2. The summed E-state index contributed by atoms with van der Waals surface area (Å²) < 4.78 is 44.1. The van der Waals surface area contributed by atoms with E-state index in [1.807, 2.05) is 0 Å². The number of ether oxygens (including phenoxy) is 1. The highest BCUT2D eigenvalue weighted by Gasteiger charge is 2.55. The number of halogens is 3. The Balaban J connectivity index is 2.45. The van der Waals surface area contributed by atoms with Crippen LogP contribution >= 0.6 is 0 Å². The fourth-order valence-electron chi connectivity index (χ4n) is 1.86. The number of hydrogen-bond donors (Lipinski definition) is 0. The quantitative estimate of drug-likeness (QED) is 0.755. The molecule has 0 aliphatic carbocycles. The Morgan fingerprint density at radius 1 is 1.39 bits per heavy atom. The monoisotopic (exact) mass is 256 g/mol. The molecule has 1 unspecified atom stereocenters. The van der Waals surface area contributed by atoms with E-state index >= 15 is 0 Å². The van der Waals surface area contributed by atoms with E-state index in [0.29, 0.717) is 17.4 Å². The zero-order chi connectivity index (χ0) is 13.4. The molecular formula is C13H11F3O2. The van der Waals surface area contributed by atoms with Gasteiger partial charge in [-0.1, -0.05) is 13.0 Å². The molecule has 0 bridgehead atoms. The van der Waals surface area contributed by atoms with E-state index < -0.39 is 11.8 Å². The van der Waals surface area contributed by atoms with Crippen LogP contribution in [0, 0.1) is 0 Å². The Kier molecular flexibility index (Phi) is 2.92. The molecule has 1 aliphatic heterocycles. The average Bonchev–Trinajstić information content (AvgIpc) is 2.36. The fourth-order valence-corrected chi connectivity index (χ4v) is 1.86. The molecule has 2 nitrogen and oxygen atoms in total. The van der Waals surface area contributed by atoms with Crippen LogP contribution in [0.5, 0.6) is 5.75 Å². The lowest BCUT2D eigenvalue weighted by Crippen LogP contribution is -2.49. The summed E-state index contributed by atoms with van der Waals surface area (Å²) in [5.41, 5.74) is -1.39.